The highest BCUT2D eigenvalue weighted by molar-refractivity contribution is 7.59. The van der Waals surface area contributed by atoms with E-state index >= 15 is 0 Å². The number of hydrogen-bond donors (Lipinski definition) is 1. The molecule has 7 nitrogen and oxygen atoms in total. The number of carbonyl (C=O) groups excluding carboxylic acids is 1. The zero-order valence-electron chi connectivity index (χ0n) is 18.2. The van der Waals surface area contributed by atoms with Gasteiger partial charge in [-0.3, -0.25) is 14.2 Å². The maximum absolute atomic E-state index is 13.1. The lowest BCUT2D eigenvalue weighted by molar-refractivity contribution is 0.0988. The van der Waals surface area contributed by atoms with E-state index in [0.29, 0.717) is 30.3 Å². The van der Waals surface area contributed by atoms with E-state index in [-0.39, 0.29) is 19.3 Å². The molecule has 3 aromatic heterocycles. The van der Waals surface area contributed by atoms with Crippen LogP contribution in [-0.2, 0) is 20.0 Å². The van der Waals surface area contributed by atoms with Gasteiger partial charge in [-0.1, -0.05) is 6.07 Å². The summed E-state index contributed by atoms with van der Waals surface area (Å²) in [6, 6.07) is 9.75. The van der Waals surface area contributed by atoms with Crippen LogP contribution in [-0.4, -0.2) is 41.5 Å². The molecule has 3 heterocycles. The monoisotopic (exact) mass is 449 g/mol. The zero-order chi connectivity index (χ0) is 21.5. The van der Waals surface area contributed by atoms with Gasteiger partial charge in [0.1, 0.15) is 5.69 Å². The second-order valence-corrected chi connectivity index (χ2v) is 8.49. The number of carbonyl (C=O) groups is 1. The Morgan fingerprint density at radius 1 is 1.25 bits per heavy atom. The van der Waals surface area contributed by atoms with Crippen molar-refractivity contribution in [3.63, 3.8) is 0 Å². The summed E-state index contributed by atoms with van der Waals surface area (Å²) in [5.74, 6) is 0.539. The van der Waals surface area contributed by atoms with Crippen molar-refractivity contribution in [2.24, 2.45) is 7.05 Å². The predicted octanol–water partition coefficient (Wildman–Crippen LogP) is 3.63. The first-order valence-corrected chi connectivity index (χ1v) is 10.6. The Morgan fingerprint density at radius 3 is 2.81 bits per heavy atom. The van der Waals surface area contributed by atoms with Crippen LogP contribution in [0.3, 0.4) is 0 Å². The maximum Gasteiger partial charge on any atom is 0.185 e. The van der Waals surface area contributed by atoms with Gasteiger partial charge in [-0.25, -0.2) is 4.98 Å². The highest BCUT2D eigenvalue weighted by Gasteiger charge is 2.27. The normalized spacial score (nSPS) is 14.3. The Kier molecular flexibility index (Phi) is 6.17. The highest BCUT2D eigenvalue weighted by atomic mass is 32.1. The number of aliphatic hydroxyl groups is 1. The van der Waals surface area contributed by atoms with E-state index < -0.39 is 6.10 Å². The molecule has 5 rings (SSSR count). The molecule has 0 bridgehead atoms. The number of ketones is 1. The minimum Gasteiger partial charge on any atom is -0.391 e. The quantitative estimate of drug-likeness (QED) is 0.436. The molecule has 0 unspecified atom stereocenters. The molecular weight excluding hydrogens is 422 g/mol. The minimum atomic E-state index is -0.480. The summed E-state index contributed by atoms with van der Waals surface area (Å²) in [6.45, 7) is 2.14. The minimum absolute atomic E-state index is 0. The van der Waals surface area contributed by atoms with Crippen molar-refractivity contribution in [1.29, 1.82) is 0 Å². The number of aromatic nitrogens is 5. The molecule has 0 radical (unpaired) electrons. The summed E-state index contributed by atoms with van der Waals surface area (Å²) in [5.41, 5.74) is 5.28. The molecule has 1 saturated carbocycles. The molecule has 1 fully saturated rings. The van der Waals surface area contributed by atoms with Gasteiger partial charge in [0.15, 0.2) is 5.78 Å². The summed E-state index contributed by atoms with van der Waals surface area (Å²) in [4.78, 5) is 17.8. The largest absolute Gasteiger partial charge is 0.391 e. The van der Waals surface area contributed by atoms with E-state index in [9.17, 15) is 9.90 Å². The first-order chi connectivity index (χ1) is 15.0. The Morgan fingerprint density at radius 2 is 2.06 bits per heavy atom. The lowest BCUT2D eigenvalue weighted by Crippen LogP contribution is -2.11. The molecule has 0 aliphatic heterocycles. The molecule has 32 heavy (non-hydrogen) atoms. The fraction of sp³-hybridized carbons (Fsp3) is 0.333. The number of benzene rings is 1. The second-order valence-electron chi connectivity index (χ2n) is 8.49. The van der Waals surface area contributed by atoms with Gasteiger partial charge < -0.3 is 5.11 Å². The van der Waals surface area contributed by atoms with Crippen molar-refractivity contribution < 1.29 is 9.90 Å². The smallest absolute Gasteiger partial charge is 0.185 e. The standard InChI is InChI=1S/C24H25N5O2.H2S/c1-15(30)12-29-14-19(11-25-29)21-4-3-5-22(26-21)24(31)9-17-8-18-13-28(2)27-23(18)10-20(17)16-6-7-16;/h3-5,8,10-11,13-16,30H,6-7,9,12H2,1-2H3;1H2/t15-;/m0./s1. The van der Waals surface area contributed by atoms with Crippen LogP contribution in [0.15, 0.2) is 48.9 Å². The Labute approximate surface area is 193 Å². The molecule has 4 aromatic rings. The third-order valence-corrected chi connectivity index (χ3v) is 5.66. The number of nitrogens with zero attached hydrogens (tertiary/aromatic N) is 5. The molecule has 0 spiro atoms. The third-order valence-electron chi connectivity index (χ3n) is 5.66. The maximum atomic E-state index is 13.1. The number of aryl methyl sites for hydroxylation is 1. The van der Waals surface area contributed by atoms with Crippen LogP contribution in [0.25, 0.3) is 22.2 Å². The van der Waals surface area contributed by atoms with Gasteiger partial charge >= 0.3 is 0 Å². The van der Waals surface area contributed by atoms with Crippen LogP contribution in [0, 0.1) is 0 Å². The first kappa shape index (κ1) is 22.2. The van der Waals surface area contributed by atoms with E-state index in [1.807, 2.05) is 36.3 Å². The van der Waals surface area contributed by atoms with Gasteiger partial charge in [0.05, 0.1) is 30.1 Å². The summed E-state index contributed by atoms with van der Waals surface area (Å²) in [6.07, 6.45) is 7.73. The molecule has 166 valence electrons. The SMILES string of the molecule is C[C@H](O)Cn1cc(-c2cccc(C(=O)Cc3cc4cn(C)nc4cc3C3CC3)n2)cn1.S. The fourth-order valence-electron chi connectivity index (χ4n) is 4.07. The van der Waals surface area contributed by atoms with Gasteiger partial charge in [0.2, 0.25) is 0 Å². The van der Waals surface area contributed by atoms with Gasteiger partial charge in [0, 0.05) is 36.8 Å². The average molecular weight is 450 g/mol. The molecule has 8 heteroatoms. The van der Waals surface area contributed by atoms with Crippen molar-refractivity contribution >= 4 is 30.2 Å². The summed E-state index contributed by atoms with van der Waals surface area (Å²) < 4.78 is 3.50. The molecule has 1 atom stereocenters. The van der Waals surface area contributed by atoms with E-state index in [0.717, 1.165) is 22.0 Å². The van der Waals surface area contributed by atoms with Crippen LogP contribution in [0.4, 0.5) is 0 Å². The highest BCUT2D eigenvalue weighted by Crippen LogP contribution is 2.43. The van der Waals surface area contributed by atoms with Crippen LogP contribution in [0.2, 0.25) is 0 Å². The summed E-state index contributed by atoms with van der Waals surface area (Å²) in [7, 11) is 1.92. The van der Waals surface area contributed by atoms with Crippen molar-refractivity contribution in [3.05, 3.63) is 65.7 Å². The van der Waals surface area contributed by atoms with E-state index in [2.05, 4.69) is 27.3 Å². The van der Waals surface area contributed by atoms with Crippen molar-refractivity contribution in [3.8, 4) is 11.3 Å². The Balaban J connectivity index is 0.00000245. The van der Waals surface area contributed by atoms with Gasteiger partial charge in [-0.2, -0.15) is 23.7 Å². The summed E-state index contributed by atoms with van der Waals surface area (Å²) >= 11 is 0. The van der Waals surface area contributed by atoms with E-state index in [4.69, 9.17) is 0 Å². The van der Waals surface area contributed by atoms with Crippen molar-refractivity contribution in [1.82, 2.24) is 24.5 Å². The first-order valence-electron chi connectivity index (χ1n) is 10.6. The van der Waals surface area contributed by atoms with Crippen molar-refractivity contribution in [2.75, 3.05) is 0 Å². The van der Waals surface area contributed by atoms with Gasteiger partial charge in [0.25, 0.3) is 0 Å². The molecule has 0 saturated heterocycles. The molecule has 1 aliphatic carbocycles. The topological polar surface area (TPSA) is 85.8 Å². The number of Topliss-reactive ketones (excluding diaryl/α,β-unsaturated/α-hetero) is 1. The average Bonchev–Trinajstić information content (AvgIpc) is 3.37. The predicted molar refractivity (Wildman–Crippen MR) is 128 cm³/mol. The fourth-order valence-corrected chi connectivity index (χ4v) is 4.07. The van der Waals surface area contributed by atoms with Gasteiger partial charge in [-0.05, 0) is 61.1 Å². The molecular formula is C24H27N5O2S. The van der Waals surface area contributed by atoms with E-state index in [1.54, 1.807) is 23.9 Å². The number of fused-ring (bicyclic) bond motifs is 1. The lowest BCUT2D eigenvalue weighted by atomic mass is 9.96. The number of hydrogen-bond acceptors (Lipinski definition) is 5. The lowest BCUT2D eigenvalue weighted by Gasteiger charge is -2.09. The van der Waals surface area contributed by atoms with Crippen LogP contribution < -0.4 is 0 Å². The Bertz CT molecular complexity index is 1270. The van der Waals surface area contributed by atoms with Crippen LogP contribution in [0.1, 0.15) is 47.3 Å². The second kappa shape index (κ2) is 8.88. The number of aliphatic hydroxyl groups excluding tert-OH is 1. The Hall–Kier alpha value is -2.97. The molecule has 0 amide bonds. The van der Waals surface area contributed by atoms with Crippen molar-refractivity contribution in [2.45, 2.75) is 44.8 Å². The number of rotatable bonds is 7. The molecule has 1 aromatic carbocycles. The third kappa shape index (κ3) is 4.61. The molecule has 1 N–H and O–H groups in total. The zero-order valence-corrected chi connectivity index (χ0v) is 19.2. The van der Waals surface area contributed by atoms with E-state index in [1.165, 1.54) is 18.4 Å². The van der Waals surface area contributed by atoms with Crippen LogP contribution in [0.5, 0.6) is 0 Å². The van der Waals surface area contributed by atoms with Crippen LogP contribution >= 0.6 is 13.5 Å². The number of pyridine rings is 1. The van der Waals surface area contributed by atoms with Gasteiger partial charge in [-0.15, -0.1) is 0 Å². The summed E-state index contributed by atoms with van der Waals surface area (Å²) in [5, 5.41) is 19.4. The molecule has 1 aliphatic rings.